The molecule has 0 aromatic heterocycles. The maximum absolute atomic E-state index is 13.0. The smallest absolute Gasteiger partial charge is 0.230 e. The second kappa shape index (κ2) is 8.50. The number of hydrogen-bond donors (Lipinski definition) is 1. The van der Waals surface area contributed by atoms with Crippen molar-refractivity contribution in [2.75, 3.05) is 18.0 Å². The average molecular weight is 342 g/mol. The van der Waals surface area contributed by atoms with Gasteiger partial charge in [0.2, 0.25) is 11.8 Å². The topological polar surface area (TPSA) is 49.4 Å². The molecule has 1 N–H and O–H groups in total. The van der Waals surface area contributed by atoms with E-state index in [1.807, 2.05) is 11.0 Å². The van der Waals surface area contributed by atoms with Gasteiger partial charge in [0.1, 0.15) is 0 Å². The third kappa shape index (κ3) is 4.23. The Morgan fingerprint density at radius 2 is 1.84 bits per heavy atom. The van der Waals surface area contributed by atoms with Gasteiger partial charge in [0.05, 0.1) is 0 Å². The minimum atomic E-state index is 0.0749. The number of amides is 2. The van der Waals surface area contributed by atoms with Crippen molar-refractivity contribution in [1.29, 1.82) is 0 Å². The largest absolute Gasteiger partial charge is 0.356 e. The molecule has 0 spiro atoms. The summed E-state index contributed by atoms with van der Waals surface area (Å²) in [5, 5.41) is 3.04. The second-order valence-corrected chi connectivity index (χ2v) is 7.42. The van der Waals surface area contributed by atoms with Gasteiger partial charge in [-0.05, 0) is 56.6 Å². The van der Waals surface area contributed by atoms with Gasteiger partial charge in [-0.2, -0.15) is 0 Å². The fourth-order valence-electron chi connectivity index (χ4n) is 4.12. The zero-order chi connectivity index (χ0) is 17.6. The Labute approximate surface area is 151 Å². The molecular weight excluding hydrogens is 312 g/mol. The van der Waals surface area contributed by atoms with Crippen LogP contribution in [0.25, 0.3) is 0 Å². The van der Waals surface area contributed by atoms with E-state index in [4.69, 9.17) is 0 Å². The van der Waals surface area contributed by atoms with Crippen molar-refractivity contribution in [3.63, 3.8) is 0 Å². The molecule has 3 rings (SSSR count). The summed E-state index contributed by atoms with van der Waals surface area (Å²) >= 11 is 0. The summed E-state index contributed by atoms with van der Waals surface area (Å²) < 4.78 is 0. The number of carbonyl (C=O) groups is 2. The molecule has 2 amide bonds. The molecular formula is C21H30N2O2. The molecule has 1 heterocycles. The zero-order valence-corrected chi connectivity index (χ0v) is 15.3. The minimum absolute atomic E-state index is 0.0749. The maximum atomic E-state index is 13.0. The molecule has 0 atom stereocenters. The third-order valence-corrected chi connectivity index (χ3v) is 5.65. The summed E-state index contributed by atoms with van der Waals surface area (Å²) in [4.78, 5) is 27.2. The first-order valence-corrected chi connectivity index (χ1v) is 9.87. The van der Waals surface area contributed by atoms with Crippen molar-refractivity contribution >= 4 is 17.5 Å². The Bertz CT molecular complexity index is 606. The highest BCUT2D eigenvalue weighted by molar-refractivity contribution is 5.96. The quantitative estimate of drug-likeness (QED) is 0.830. The predicted octanol–water partition coefficient (Wildman–Crippen LogP) is 3.69. The summed E-state index contributed by atoms with van der Waals surface area (Å²) in [7, 11) is 0. The molecule has 1 aliphatic heterocycles. The molecule has 4 nitrogen and oxygen atoms in total. The highest BCUT2D eigenvalue weighted by Gasteiger charge is 2.33. The van der Waals surface area contributed by atoms with Crippen LogP contribution in [0.15, 0.2) is 24.3 Å². The maximum Gasteiger partial charge on any atom is 0.230 e. The molecule has 1 aromatic rings. The zero-order valence-electron chi connectivity index (χ0n) is 15.3. The van der Waals surface area contributed by atoms with Crippen molar-refractivity contribution in [3.8, 4) is 0 Å². The SMILES string of the molecule is CCCCNC(=O)C1CCC(C(=O)N2CCCc3ccccc32)CC1. The summed E-state index contributed by atoms with van der Waals surface area (Å²) in [6.07, 6.45) is 7.58. The normalized spacial score (nSPS) is 23.0. The van der Waals surface area contributed by atoms with Crippen molar-refractivity contribution < 1.29 is 9.59 Å². The Hall–Kier alpha value is -1.84. The van der Waals surface area contributed by atoms with Crippen LogP contribution in [0.5, 0.6) is 0 Å². The number of carbonyl (C=O) groups excluding carboxylic acids is 2. The van der Waals surface area contributed by atoms with Crippen LogP contribution in [0.2, 0.25) is 0 Å². The van der Waals surface area contributed by atoms with Crippen molar-refractivity contribution in [3.05, 3.63) is 29.8 Å². The lowest BCUT2D eigenvalue weighted by molar-refractivity contribution is -0.129. The first-order chi connectivity index (χ1) is 12.2. The lowest BCUT2D eigenvalue weighted by atomic mass is 9.80. The Kier molecular flexibility index (Phi) is 6.11. The van der Waals surface area contributed by atoms with E-state index in [-0.39, 0.29) is 23.7 Å². The molecule has 2 aliphatic rings. The minimum Gasteiger partial charge on any atom is -0.356 e. The molecule has 0 bridgehead atoms. The van der Waals surface area contributed by atoms with Gasteiger partial charge in [0, 0.05) is 30.6 Å². The van der Waals surface area contributed by atoms with Crippen molar-refractivity contribution in [2.24, 2.45) is 11.8 Å². The first kappa shape index (κ1) is 18.0. The van der Waals surface area contributed by atoms with E-state index in [9.17, 15) is 9.59 Å². The van der Waals surface area contributed by atoms with Crippen LogP contribution in [-0.4, -0.2) is 24.9 Å². The van der Waals surface area contributed by atoms with Gasteiger partial charge in [-0.25, -0.2) is 0 Å². The van der Waals surface area contributed by atoms with Gasteiger partial charge in [-0.1, -0.05) is 31.5 Å². The molecule has 1 saturated carbocycles. The van der Waals surface area contributed by atoms with E-state index in [2.05, 4.69) is 30.4 Å². The van der Waals surface area contributed by atoms with E-state index in [0.29, 0.717) is 0 Å². The summed E-state index contributed by atoms with van der Waals surface area (Å²) in [5.74, 6) is 0.611. The standard InChI is InChI=1S/C21H30N2O2/c1-2-3-14-22-20(24)17-10-12-18(13-11-17)21(25)23-15-6-8-16-7-4-5-9-19(16)23/h4-5,7,9,17-18H,2-3,6,8,10-15H2,1H3,(H,22,24). The number of benzene rings is 1. The molecule has 4 heteroatoms. The molecule has 0 saturated heterocycles. The van der Waals surface area contributed by atoms with Gasteiger partial charge in [-0.3, -0.25) is 9.59 Å². The molecule has 136 valence electrons. The number of rotatable bonds is 5. The van der Waals surface area contributed by atoms with Gasteiger partial charge < -0.3 is 10.2 Å². The summed E-state index contributed by atoms with van der Waals surface area (Å²) in [6, 6.07) is 8.27. The highest BCUT2D eigenvalue weighted by Crippen LogP contribution is 2.34. The first-order valence-electron chi connectivity index (χ1n) is 9.87. The number of hydrogen-bond acceptors (Lipinski definition) is 2. The molecule has 1 fully saturated rings. The molecule has 25 heavy (non-hydrogen) atoms. The van der Waals surface area contributed by atoms with Crippen LogP contribution in [-0.2, 0) is 16.0 Å². The van der Waals surface area contributed by atoms with Gasteiger partial charge in [-0.15, -0.1) is 0 Å². The number of fused-ring (bicyclic) bond motifs is 1. The number of nitrogens with zero attached hydrogens (tertiary/aromatic N) is 1. The third-order valence-electron chi connectivity index (χ3n) is 5.65. The monoisotopic (exact) mass is 342 g/mol. The van der Waals surface area contributed by atoms with E-state index in [1.165, 1.54) is 5.56 Å². The molecule has 0 unspecified atom stereocenters. The molecule has 0 radical (unpaired) electrons. The number of aryl methyl sites for hydroxylation is 1. The van der Waals surface area contributed by atoms with Gasteiger partial charge in [0.25, 0.3) is 0 Å². The van der Waals surface area contributed by atoms with E-state index < -0.39 is 0 Å². The summed E-state index contributed by atoms with van der Waals surface area (Å²) in [6.45, 7) is 3.73. The van der Waals surface area contributed by atoms with Crippen LogP contribution in [0, 0.1) is 11.8 Å². The summed E-state index contributed by atoms with van der Waals surface area (Å²) in [5.41, 5.74) is 2.38. The fourth-order valence-corrected chi connectivity index (χ4v) is 4.12. The van der Waals surface area contributed by atoms with E-state index >= 15 is 0 Å². The lowest BCUT2D eigenvalue weighted by Crippen LogP contribution is -2.42. The number of para-hydroxylation sites is 1. The van der Waals surface area contributed by atoms with Gasteiger partial charge in [0.15, 0.2) is 0 Å². The number of unbranched alkanes of at least 4 members (excludes halogenated alkanes) is 1. The fraction of sp³-hybridized carbons (Fsp3) is 0.619. The van der Waals surface area contributed by atoms with Crippen LogP contribution in [0.1, 0.15) is 57.4 Å². The Balaban J connectivity index is 1.55. The Morgan fingerprint density at radius 3 is 2.60 bits per heavy atom. The predicted molar refractivity (Wildman–Crippen MR) is 100 cm³/mol. The lowest BCUT2D eigenvalue weighted by Gasteiger charge is -2.34. The van der Waals surface area contributed by atoms with Crippen molar-refractivity contribution in [2.45, 2.75) is 58.3 Å². The van der Waals surface area contributed by atoms with Crippen LogP contribution in [0.3, 0.4) is 0 Å². The van der Waals surface area contributed by atoms with Crippen LogP contribution >= 0.6 is 0 Å². The Morgan fingerprint density at radius 1 is 1.12 bits per heavy atom. The number of nitrogens with one attached hydrogen (secondary N) is 1. The van der Waals surface area contributed by atoms with E-state index in [1.54, 1.807) is 0 Å². The average Bonchev–Trinajstić information content (AvgIpc) is 2.67. The van der Waals surface area contributed by atoms with Crippen LogP contribution in [0.4, 0.5) is 5.69 Å². The van der Waals surface area contributed by atoms with Gasteiger partial charge >= 0.3 is 0 Å². The number of anilines is 1. The second-order valence-electron chi connectivity index (χ2n) is 7.42. The molecule has 1 aromatic carbocycles. The van der Waals surface area contributed by atoms with Crippen LogP contribution < -0.4 is 10.2 Å². The van der Waals surface area contributed by atoms with Crippen molar-refractivity contribution in [1.82, 2.24) is 5.32 Å². The molecule has 1 aliphatic carbocycles. The highest BCUT2D eigenvalue weighted by atomic mass is 16.2. The van der Waals surface area contributed by atoms with E-state index in [0.717, 1.165) is 70.1 Å².